The molecule has 1 fully saturated rings. The van der Waals surface area contributed by atoms with Crippen molar-refractivity contribution in [3.63, 3.8) is 0 Å². The number of hydrogen-bond donors (Lipinski definition) is 1. The Morgan fingerprint density at radius 2 is 2.07 bits per heavy atom. The van der Waals surface area contributed by atoms with Crippen LogP contribution in [-0.4, -0.2) is 25.3 Å². The van der Waals surface area contributed by atoms with Gasteiger partial charge in [-0.25, -0.2) is 0 Å². The van der Waals surface area contributed by atoms with Crippen LogP contribution >= 0.6 is 0 Å². The summed E-state index contributed by atoms with van der Waals surface area (Å²) in [6.45, 7) is 10.1. The van der Waals surface area contributed by atoms with Crippen LogP contribution in [0.2, 0.25) is 0 Å². The molecule has 2 nitrogen and oxygen atoms in total. The van der Waals surface area contributed by atoms with E-state index in [4.69, 9.17) is 4.74 Å². The summed E-state index contributed by atoms with van der Waals surface area (Å²) >= 11 is 0. The minimum Gasteiger partial charge on any atom is -0.372 e. The van der Waals surface area contributed by atoms with Crippen LogP contribution in [0.5, 0.6) is 0 Å². The van der Waals surface area contributed by atoms with Crippen LogP contribution in [0.1, 0.15) is 47.0 Å². The monoisotopic (exact) mass is 199 g/mol. The summed E-state index contributed by atoms with van der Waals surface area (Å²) in [6, 6.07) is 0. The Labute approximate surface area is 88.4 Å². The highest BCUT2D eigenvalue weighted by atomic mass is 16.5. The van der Waals surface area contributed by atoms with Gasteiger partial charge in [-0.15, -0.1) is 0 Å². The molecule has 1 atom stereocenters. The molecule has 0 radical (unpaired) electrons. The molecule has 2 heteroatoms. The molecule has 0 aromatic carbocycles. The third kappa shape index (κ3) is 3.58. The smallest absolute Gasteiger partial charge is 0.0631 e. The zero-order valence-electron chi connectivity index (χ0n) is 10.3. The van der Waals surface area contributed by atoms with E-state index in [1.807, 2.05) is 7.05 Å². The van der Waals surface area contributed by atoms with Gasteiger partial charge in [0.2, 0.25) is 0 Å². The highest BCUT2D eigenvalue weighted by Crippen LogP contribution is 2.35. The van der Waals surface area contributed by atoms with Crippen molar-refractivity contribution in [2.45, 2.75) is 58.7 Å². The van der Waals surface area contributed by atoms with Gasteiger partial charge in [0, 0.05) is 6.54 Å². The van der Waals surface area contributed by atoms with E-state index in [0.29, 0.717) is 11.5 Å². The van der Waals surface area contributed by atoms with Gasteiger partial charge in [0.05, 0.1) is 11.7 Å². The fraction of sp³-hybridized carbons (Fsp3) is 1.00. The first kappa shape index (κ1) is 12.0. The molecule has 1 aliphatic rings. The molecule has 1 saturated heterocycles. The summed E-state index contributed by atoms with van der Waals surface area (Å²) in [5.74, 6) is 0. The van der Waals surface area contributed by atoms with Crippen molar-refractivity contribution in [1.29, 1.82) is 0 Å². The third-order valence-electron chi connectivity index (χ3n) is 2.99. The first-order valence-electron chi connectivity index (χ1n) is 5.67. The van der Waals surface area contributed by atoms with Crippen molar-refractivity contribution in [2.24, 2.45) is 5.41 Å². The SMILES string of the molecule is CNCC(C)(C)CC1CCC(C)(C)O1. The molecule has 0 aromatic heterocycles. The van der Waals surface area contributed by atoms with Crippen LogP contribution < -0.4 is 5.32 Å². The predicted octanol–water partition coefficient (Wildman–Crippen LogP) is 2.58. The van der Waals surface area contributed by atoms with Gasteiger partial charge < -0.3 is 10.1 Å². The second-order valence-corrected chi connectivity index (χ2v) is 5.94. The largest absolute Gasteiger partial charge is 0.372 e. The van der Waals surface area contributed by atoms with Crippen molar-refractivity contribution in [2.75, 3.05) is 13.6 Å². The van der Waals surface area contributed by atoms with Crippen molar-refractivity contribution in [1.82, 2.24) is 5.32 Å². The summed E-state index contributed by atoms with van der Waals surface area (Å²) in [7, 11) is 2.02. The second kappa shape index (κ2) is 4.19. The van der Waals surface area contributed by atoms with Crippen molar-refractivity contribution < 1.29 is 4.74 Å². The average Bonchev–Trinajstić information content (AvgIpc) is 2.28. The average molecular weight is 199 g/mol. The van der Waals surface area contributed by atoms with E-state index in [1.165, 1.54) is 12.8 Å². The van der Waals surface area contributed by atoms with Crippen molar-refractivity contribution in [3.05, 3.63) is 0 Å². The molecule has 14 heavy (non-hydrogen) atoms. The molecule has 0 saturated carbocycles. The lowest BCUT2D eigenvalue weighted by atomic mass is 9.86. The normalized spacial score (nSPS) is 26.8. The number of ether oxygens (including phenoxy) is 1. The molecular formula is C12H25NO. The lowest BCUT2D eigenvalue weighted by Crippen LogP contribution is -2.31. The minimum atomic E-state index is 0.111. The molecule has 1 heterocycles. The molecule has 1 rings (SSSR count). The summed E-state index contributed by atoms with van der Waals surface area (Å²) in [5.41, 5.74) is 0.459. The van der Waals surface area contributed by atoms with E-state index >= 15 is 0 Å². The standard InChI is InChI=1S/C12H25NO/c1-11(2,9-13-5)8-10-6-7-12(3,4)14-10/h10,13H,6-9H2,1-5H3. The Morgan fingerprint density at radius 1 is 1.43 bits per heavy atom. The van der Waals surface area contributed by atoms with Crippen LogP contribution in [0.15, 0.2) is 0 Å². The van der Waals surface area contributed by atoms with Gasteiger partial charge in [0.1, 0.15) is 0 Å². The second-order valence-electron chi connectivity index (χ2n) is 5.94. The highest BCUT2D eigenvalue weighted by Gasteiger charge is 2.34. The highest BCUT2D eigenvalue weighted by molar-refractivity contribution is 4.85. The van der Waals surface area contributed by atoms with Crippen molar-refractivity contribution >= 4 is 0 Å². The van der Waals surface area contributed by atoms with Crippen LogP contribution in [0, 0.1) is 5.41 Å². The molecule has 1 aliphatic heterocycles. The first-order chi connectivity index (χ1) is 6.35. The number of hydrogen-bond acceptors (Lipinski definition) is 2. The zero-order chi connectivity index (χ0) is 10.8. The Morgan fingerprint density at radius 3 is 2.50 bits per heavy atom. The van der Waals surface area contributed by atoms with Crippen LogP contribution in [0.25, 0.3) is 0 Å². The Hall–Kier alpha value is -0.0800. The zero-order valence-corrected chi connectivity index (χ0v) is 10.3. The maximum atomic E-state index is 6.00. The number of rotatable bonds is 4. The summed E-state index contributed by atoms with van der Waals surface area (Å²) in [5, 5.41) is 3.25. The molecule has 0 amide bonds. The quantitative estimate of drug-likeness (QED) is 0.751. The van der Waals surface area contributed by atoms with Gasteiger partial charge >= 0.3 is 0 Å². The molecule has 0 aromatic rings. The van der Waals surface area contributed by atoms with E-state index in [0.717, 1.165) is 13.0 Å². The number of nitrogens with one attached hydrogen (secondary N) is 1. The van der Waals surface area contributed by atoms with E-state index in [1.54, 1.807) is 0 Å². The molecule has 0 spiro atoms. The lowest BCUT2D eigenvalue weighted by Gasteiger charge is -2.28. The van der Waals surface area contributed by atoms with Crippen LogP contribution in [0.4, 0.5) is 0 Å². The van der Waals surface area contributed by atoms with E-state index < -0.39 is 0 Å². The molecule has 0 bridgehead atoms. The Kier molecular flexibility index (Phi) is 3.59. The van der Waals surface area contributed by atoms with Gasteiger partial charge in [-0.1, -0.05) is 13.8 Å². The van der Waals surface area contributed by atoms with Crippen molar-refractivity contribution in [3.8, 4) is 0 Å². The maximum absolute atomic E-state index is 6.00. The van der Waals surface area contributed by atoms with E-state index in [9.17, 15) is 0 Å². The van der Waals surface area contributed by atoms with Gasteiger partial charge in [-0.05, 0) is 45.6 Å². The fourth-order valence-electron chi connectivity index (χ4n) is 2.39. The van der Waals surface area contributed by atoms with Gasteiger partial charge in [-0.3, -0.25) is 0 Å². The van der Waals surface area contributed by atoms with Crippen LogP contribution in [-0.2, 0) is 4.74 Å². The Balaban J connectivity index is 2.39. The third-order valence-corrected chi connectivity index (χ3v) is 2.99. The van der Waals surface area contributed by atoms with Gasteiger partial charge in [-0.2, -0.15) is 0 Å². The first-order valence-corrected chi connectivity index (χ1v) is 5.67. The summed E-state index contributed by atoms with van der Waals surface area (Å²) < 4.78 is 6.00. The minimum absolute atomic E-state index is 0.111. The lowest BCUT2D eigenvalue weighted by molar-refractivity contribution is -0.0315. The van der Waals surface area contributed by atoms with E-state index in [2.05, 4.69) is 33.0 Å². The molecule has 1 unspecified atom stereocenters. The topological polar surface area (TPSA) is 21.3 Å². The van der Waals surface area contributed by atoms with Crippen LogP contribution in [0.3, 0.4) is 0 Å². The fourth-order valence-corrected chi connectivity index (χ4v) is 2.39. The summed E-state index contributed by atoms with van der Waals surface area (Å²) in [6.07, 6.45) is 4.05. The van der Waals surface area contributed by atoms with E-state index in [-0.39, 0.29) is 5.60 Å². The maximum Gasteiger partial charge on any atom is 0.0631 e. The summed E-state index contributed by atoms with van der Waals surface area (Å²) in [4.78, 5) is 0. The van der Waals surface area contributed by atoms with Gasteiger partial charge in [0.25, 0.3) is 0 Å². The molecule has 0 aliphatic carbocycles. The van der Waals surface area contributed by atoms with Gasteiger partial charge in [0.15, 0.2) is 0 Å². The molecular weight excluding hydrogens is 174 g/mol. The molecule has 1 N–H and O–H groups in total. The predicted molar refractivity (Wildman–Crippen MR) is 60.5 cm³/mol. The molecule has 84 valence electrons. The Bertz CT molecular complexity index is 187.